The molecule has 0 radical (unpaired) electrons. The first-order valence-corrected chi connectivity index (χ1v) is 8.16. The second kappa shape index (κ2) is 6.87. The van der Waals surface area contributed by atoms with Crippen molar-refractivity contribution in [3.63, 3.8) is 0 Å². The maximum Gasteiger partial charge on any atom is 0.267 e. The van der Waals surface area contributed by atoms with Gasteiger partial charge >= 0.3 is 0 Å². The Balaban J connectivity index is 2.32. The fourth-order valence-corrected chi connectivity index (χ4v) is 2.87. The third kappa shape index (κ3) is 2.92. The summed E-state index contributed by atoms with van der Waals surface area (Å²) < 4.78 is 8.46. The lowest BCUT2D eigenvalue weighted by Gasteiger charge is -2.13. The average Bonchev–Trinajstić information content (AvgIpc) is 2.61. The molecule has 0 unspecified atom stereocenters. The van der Waals surface area contributed by atoms with Crippen molar-refractivity contribution in [2.45, 2.75) is 26.8 Å². The van der Waals surface area contributed by atoms with Gasteiger partial charge in [-0.3, -0.25) is 14.6 Å². The van der Waals surface area contributed by atoms with E-state index in [-0.39, 0.29) is 16.6 Å². The van der Waals surface area contributed by atoms with Crippen LogP contribution in [0.5, 0.6) is 0 Å². The van der Waals surface area contributed by atoms with Crippen molar-refractivity contribution in [2.24, 2.45) is 0 Å². The smallest absolute Gasteiger partial charge is 0.267 e. The number of aromatic nitrogens is 3. The molecular formula is C18H19N5O2. The zero-order valence-corrected chi connectivity index (χ0v) is 14.2. The highest BCUT2D eigenvalue weighted by molar-refractivity contribution is 5.78. The van der Waals surface area contributed by atoms with Crippen molar-refractivity contribution in [3.05, 3.63) is 51.4 Å². The van der Waals surface area contributed by atoms with E-state index in [2.05, 4.69) is 4.98 Å². The van der Waals surface area contributed by atoms with Crippen LogP contribution in [0.2, 0.25) is 0 Å². The van der Waals surface area contributed by atoms with Crippen LogP contribution in [-0.4, -0.2) is 27.2 Å². The van der Waals surface area contributed by atoms with Crippen LogP contribution in [0.1, 0.15) is 24.5 Å². The van der Waals surface area contributed by atoms with Gasteiger partial charge in [0.15, 0.2) is 0 Å². The predicted octanol–water partition coefficient (Wildman–Crippen LogP) is 1.74. The molecule has 0 spiro atoms. The van der Waals surface area contributed by atoms with E-state index in [1.807, 2.05) is 26.0 Å². The van der Waals surface area contributed by atoms with Crippen molar-refractivity contribution < 1.29 is 4.74 Å². The predicted molar refractivity (Wildman–Crippen MR) is 93.4 cm³/mol. The van der Waals surface area contributed by atoms with E-state index in [1.165, 1.54) is 10.5 Å². The van der Waals surface area contributed by atoms with Crippen LogP contribution in [0.3, 0.4) is 0 Å². The van der Waals surface area contributed by atoms with Gasteiger partial charge in [-0.15, -0.1) is 0 Å². The van der Waals surface area contributed by atoms with Crippen molar-refractivity contribution in [1.29, 1.82) is 10.7 Å². The molecule has 3 aromatic rings. The van der Waals surface area contributed by atoms with Gasteiger partial charge in [-0.25, -0.2) is 4.98 Å². The fourth-order valence-electron chi connectivity index (χ4n) is 2.87. The summed E-state index contributed by atoms with van der Waals surface area (Å²) >= 11 is 0. The van der Waals surface area contributed by atoms with Crippen molar-refractivity contribution in [3.8, 4) is 6.07 Å². The minimum Gasteiger partial charge on any atom is -0.382 e. The van der Waals surface area contributed by atoms with Gasteiger partial charge < -0.3 is 9.30 Å². The molecule has 3 heterocycles. The topological polar surface area (TPSA) is 96.2 Å². The summed E-state index contributed by atoms with van der Waals surface area (Å²) in [5.41, 5.74) is 1.85. The number of aryl methyl sites for hydroxylation is 2. The number of nitriles is 1. The highest BCUT2D eigenvalue weighted by Gasteiger charge is 2.13. The number of hydrogen-bond donors (Lipinski definition) is 1. The molecule has 0 amide bonds. The molecule has 0 bridgehead atoms. The van der Waals surface area contributed by atoms with Crippen LogP contribution >= 0.6 is 0 Å². The van der Waals surface area contributed by atoms with Crippen LogP contribution < -0.4 is 11.0 Å². The zero-order valence-electron chi connectivity index (χ0n) is 14.2. The van der Waals surface area contributed by atoms with Crippen LogP contribution in [0.25, 0.3) is 16.7 Å². The van der Waals surface area contributed by atoms with Crippen molar-refractivity contribution in [1.82, 2.24) is 14.0 Å². The second-order valence-electron chi connectivity index (χ2n) is 5.76. The number of nitrogens with zero attached hydrogens (tertiary/aromatic N) is 4. The van der Waals surface area contributed by atoms with E-state index in [9.17, 15) is 10.1 Å². The second-order valence-corrected chi connectivity index (χ2v) is 5.76. The van der Waals surface area contributed by atoms with Gasteiger partial charge in [-0.2, -0.15) is 5.26 Å². The van der Waals surface area contributed by atoms with Gasteiger partial charge in [0.05, 0.1) is 10.9 Å². The third-order valence-corrected chi connectivity index (χ3v) is 4.13. The molecule has 0 fully saturated rings. The molecule has 0 aromatic carbocycles. The summed E-state index contributed by atoms with van der Waals surface area (Å²) in [4.78, 5) is 17.5. The molecule has 3 rings (SSSR count). The van der Waals surface area contributed by atoms with Gasteiger partial charge in [0.2, 0.25) is 0 Å². The van der Waals surface area contributed by atoms with E-state index in [0.717, 1.165) is 5.56 Å². The van der Waals surface area contributed by atoms with Gasteiger partial charge in [0.1, 0.15) is 22.9 Å². The molecule has 7 heteroatoms. The summed E-state index contributed by atoms with van der Waals surface area (Å²) in [6, 6.07) is 7.14. The fraction of sp³-hybridized carbons (Fsp3) is 0.333. The molecule has 0 saturated heterocycles. The van der Waals surface area contributed by atoms with E-state index in [0.29, 0.717) is 42.9 Å². The largest absolute Gasteiger partial charge is 0.382 e. The lowest BCUT2D eigenvalue weighted by Crippen LogP contribution is -2.28. The number of fused-ring (bicyclic) bond motifs is 2. The normalized spacial score (nSPS) is 11.1. The average molecular weight is 337 g/mol. The Morgan fingerprint density at radius 2 is 2.20 bits per heavy atom. The van der Waals surface area contributed by atoms with Gasteiger partial charge in [0, 0.05) is 26.0 Å². The van der Waals surface area contributed by atoms with Crippen LogP contribution in [0.4, 0.5) is 0 Å². The molecular weight excluding hydrogens is 318 g/mol. The Kier molecular flexibility index (Phi) is 4.63. The summed E-state index contributed by atoms with van der Waals surface area (Å²) in [7, 11) is 0. The van der Waals surface area contributed by atoms with Gasteiger partial charge in [-0.05, 0) is 38.0 Å². The third-order valence-electron chi connectivity index (χ3n) is 4.13. The molecule has 0 saturated carbocycles. The van der Waals surface area contributed by atoms with Crippen LogP contribution in [0, 0.1) is 23.7 Å². The maximum atomic E-state index is 12.9. The standard InChI is InChI=1S/C18H19N5O2/c1-3-25-9-5-8-22-15(20)13(11-19)10-14-17(22)21-16-12(2)6-4-7-23(16)18(14)24/h4,6-7,10,20H,3,5,8-9H2,1-2H3. The first kappa shape index (κ1) is 16.9. The Bertz CT molecular complexity index is 1100. The van der Waals surface area contributed by atoms with Crippen molar-refractivity contribution in [2.75, 3.05) is 13.2 Å². The lowest BCUT2D eigenvalue weighted by molar-refractivity contribution is 0.141. The molecule has 0 aliphatic heterocycles. The highest BCUT2D eigenvalue weighted by Crippen LogP contribution is 2.12. The number of hydrogen-bond acceptors (Lipinski definition) is 5. The van der Waals surface area contributed by atoms with E-state index in [1.54, 1.807) is 16.8 Å². The Labute approximate surface area is 144 Å². The molecule has 128 valence electrons. The number of nitrogens with one attached hydrogen (secondary N) is 1. The summed E-state index contributed by atoms with van der Waals surface area (Å²) in [6.45, 7) is 5.44. The van der Waals surface area contributed by atoms with Crippen LogP contribution in [0.15, 0.2) is 29.2 Å². The quantitative estimate of drug-likeness (QED) is 0.566. The van der Waals surface area contributed by atoms with Gasteiger partial charge in [0.25, 0.3) is 5.56 Å². The van der Waals surface area contributed by atoms with E-state index < -0.39 is 0 Å². The van der Waals surface area contributed by atoms with Crippen LogP contribution in [-0.2, 0) is 11.3 Å². The zero-order chi connectivity index (χ0) is 18.0. The van der Waals surface area contributed by atoms with Gasteiger partial charge in [-0.1, -0.05) is 6.07 Å². The SMILES string of the molecule is CCOCCCn1c(=N)c(C#N)cc2c(=O)n3cccc(C)c3nc21. The molecule has 25 heavy (non-hydrogen) atoms. The molecule has 0 atom stereocenters. The maximum absolute atomic E-state index is 12.9. The molecule has 3 aromatic heterocycles. The molecule has 0 aliphatic carbocycles. The van der Waals surface area contributed by atoms with E-state index in [4.69, 9.17) is 10.1 Å². The Morgan fingerprint density at radius 1 is 1.40 bits per heavy atom. The Morgan fingerprint density at radius 3 is 2.92 bits per heavy atom. The number of rotatable bonds is 5. The first-order chi connectivity index (χ1) is 12.1. The molecule has 0 aliphatic rings. The minimum atomic E-state index is -0.237. The summed E-state index contributed by atoms with van der Waals surface area (Å²) in [6.07, 6.45) is 2.33. The summed E-state index contributed by atoms with van der Waals surface area (Å²) in [5.74, 6) is 0. The highest BCUT2D eigenvalue weighted by atomic mass is 16.5. The van der Waals surface area contributed by atoms with Crippen molar-refractivity contribution >= 4 is 16.7 Å². The first-order valence-electron chi connectivity index (χ1n) is 8.16. The Hall–Kier alpha value is -2.98. The lowest BCUT2D eigenvalue weighted by atomic mass is 10.2. The number of ether oxygens (including phenoxy) is 1. The molecule has 7 nitrogen and oxygen atoms in total. The monoisotopic (exact) mass is 337 g/mol. The number of pyridine rings is 2. The summed E-state index contributed by atoms with van der Waals surface area (Å²) in [5, 5.41) is 18.0. The minimum absolute atomic E-state index is 0.0660. The molecule has 1 N–H and O–H groups in total. The van der Waals surface area contributed by atoms with E-state index >= 15 is 0 Å².